The Labute approximate surface area is 64.0 Å². The van der Waals surface area contributed by atoms with E-state index in [1.165, 1.54) is 0 Å². The van der Waals surface area contributed by atoms with E-state index in [4.69, 9.17) is 18.8 Å². The van der Waals surface area contributed by atoms with Crippen molar-refractivity contribution in [2.24, 2.45) is 0 Å². The van der Waals surface area contributed by atoms with E-state index in [2.05, 4.69) is 9.97 Å². The fraction of sp³-hybridized carbons (Fsp3) is 0. The number of aromatic amines is 1. The number of halogens is 2. The van der Waals surface area contributed by atoms with Crippen LogP contribution in [-0.2, 0) is 16.5 Å². The molecule has 0 saturated carbocycles. The summed E-state index contributed by atoms with van der Waals surface area (Å²) in [5, 5.41) is 0. The van der Waals surface area contributed by atoms with Crippen molar-refractivity contribution in [2.75, 3.05) is 0 Å². The fourth-order valence-corrected chi connectivity index (χ4v) is 0.215. The smallest absolute Gasteiger partial charge is 0.0919 e. The summed E-state index contributed by atoms with van der Waals surface area (Å²) in [5.74, 6) is 0. The van der Waals surface area contributed by atoms with Crippen LogP contribution in [0.5, 0.6) is 0 Å². The average Bonchev–Trinajstić information content (AvgIpc) is 2.17. The first kappa shape index (κ1) is 8.48. The number of hydrogen-bond acceptors (Lipinski definition) is 1. The molecule has 0 aromatic carbocycles. The van der Waals surface area contributed by atoms with E-state index >= 15 is 0 Å². The van der Waals surface area contributed by atoms with E-state index in [1.807, 2.05) is 0 Å². The second-order valence-corrected chi connectivity index (χ2v) is 4.09. The molecular formula is C3H4Cl2N2Pt. The van der Waals surface area contributed by atoms with Crippen molar-refractivity contribution in [1.29, 1.82) is 0 Å². The topological polar surface area (TPSA) is 28.7 Å². The number of nitrogens with zero attached hydrogens (tertiary/aromatic N) is 1. The molecule has 0 unspecified atom stereocenters. The van der Waals surface area contributed by atoms with Crippen LogP contribution >= 0.6 is 18.8 Å². The molecule has 0 aliphatic rings. The van der Waals surface area contributed by atoms with Gasteiger partial charge >= 0.3 is 35.3 Å². The van der Waals surface area contributed by atoms with Crippen LogP contribution in [0.15, 0.2) is 18.7 Å². The largest absolute Gasteiger partial charge is 0.351 e. The summed E-state index contributed by atoms with van der Waals surface area (Å²) in [6, 6.07) is 0. The Bertz CT molecular complexity index is 82.2. The van der Waals surface area contributed by atoms with Crippen molar-refractivity contribution in [3.8, 4) is 0 Å². The van der Waals surface area contributed by atoms with E-state index < -0.39 is 16.5 Å². The summed E-state index contributed by atoms with van der Waals surface area (Å²) in [6.07, 6.45) is 5.08. The molecule has 0 aliphatic carbocycles. The Morgan fingerprint density at radius 1 is 1.50 bits per heavy atom. The number of imidazole rings is 1. The van der Waals surface area contributed by atoms with Gasteiger partial charge in [0.1, 0.15) is 0 Å². The van der Waals surface area contributed by atoms with Gasteiger partial charge in [-0.1, -0.05) is 0 Å². The van der Waals surface area contributed by atoms with Crippen molar-refractivity contribution >= 4 is 18.8 Å². The van der Waals surface area contributed by atoms with Gasteiger partial charge in [-0.15, -0.1) is 0 Å². The first-order chi connectivity index (χ1) is 3.91. The van der Waals surface area contributed by atoms with Crippen LogP contribution in [0.25, 0.3) is 0 Å². The molecule has 0 radical (unpaired) electrons. The number of H-pyrrole nitrogens is 1. The Balaban J connectivity index is 0.000000145. The molecule has 1 rings (SSSR count). The zero-order valence-electron chi connectivity index (χ0n) is 3.75. The van der Waals surface area contributed by atoms with Gasteiger partial charge in [0.25, 0.3) is 0 Å². The quantitative estimate of drug-likeness (QED) is 0.770. The van der Waals surface area contributed by atoms with Crippen molar-refractivity contribution in [1.82, 2.24) is 9.97 Å². The third-order valence-corrected chi connectivity index (χ3v) is 0.406. The molecule has 50 valence electrons. The Morgan fingerprint density at radius 3 is 2.25 bits per heavy atom. The molecule has 1 aromatic rings. The van der Waals surface area contributed by atoms with Gasteiger partial charge in [0.05, 0.1) is 6.33 Å². The summed E-state index contributed by atoms with van der Waals surface area (Å²) >= 11 is -0.472. The van der Waals surface area contributed by atoms with Crippen LogP contribution in [0.1, 0.15) is 0 Å². The molecule has 0 fully saturated rings. The molecule has 0 bridgehead atoms. The molecule has 0 atom stereocenters. The maximum Gasteiger partial charge on any atom is 0.0919 e. The van der Waals surface area contributed by atoms with E-state index in [0.29, 0.717) is 0 Å². The molecule has 1 aromatic heterocycles. The molecule has 0 spiro atoms. The molecule has 0 aliphatic heterocycles. The summed E-state index contributed by atoms with van der Waals surface area (Å²) in [7, 11) is 9.75. The van der Waals surface area contributed by atoms with Crippen LogP contribution in [0.4, 0.5) is 0 Å². The summed E-state index contributed by atoms with van der Waals surface area (Å²) in [5.41, 5.74) is 0. The Morgan fingerprint density at radius 2 is 2.12 bits per heavy atom. The third-order valence-electron chi connectivity index (χ3n) is 0.406. The van der Waals surface area contributed by atoms with Crippen molar-refractivity contribution in [3.05, 3.63) is 18.7 Å². The molecule has 0 amide bonds. The summed E-state index contributed by atoms with van der Waals surface area (Å²) in [4.78, 5) is 6.42. The normalized spacial score (nSPS) is 7.75. The van der Waals surface area contributed by atoms with Gasteiger partial charge < -0.3 is 4.98 Å². The fourth-order valence-electron chi connectivity index (χ4n) is 0.215. The van der Waals surface area contributed by atoms with Gasteiger partial charge in [-0.2, -0.15) is 0 Å². The molecule has 5 heteroatoms. The number of nitrogens with one attached hydrogen (secondary N) is 1. The standard InChI is InChI=1S/C3H4N2.2ClH.Pt/c1-2-5-3-4-1;;;/h1-3H,(H,4,5);2*1H;/q;;;+2/p-2. The monoisotopic (exact) mass is 333 g/mol. The minimum Gasteiger partial charge on any atom is -0.351 e. The molecule has 8 heavy (non-hydrogen) atoms. The van der Waals surface area contributed by atoms with Crippen LogP contribution in [0.2, 0.25) is 0 Å². The predicted octanol–water partition coefficient (Wildman–Crippen LogP) is 1.79. The van der Waals surface area contributed by atoms with E-state index in [-0.39, 0.29) is 0 Å². The zero-order chi connectivity index (χ0) is 6.24. The van der Waals surface area contributed by atoms with Crippen molar-refractivity contribution in [2.45, 2.75) is 0 Å². The van der Waals surface area contributed by atoms with Crippen molar-refractivity contribution in [3.63, 3.8) is 0 Å². The van der Waals surface area contributed by atoms with Crippen LogP contribution in [-0.4, -0.2) is 9.97 Å². The van der Waals surface area contributed by atoms with Gasteiger partial charge in [-0.05, 0) is 0 Å². The average molecular weight is 334 g/mol. The first-order valence-electron chi connectivity index (χ1n) is 1.67. The number of hydrogen-bond donors (Lipinski definition) is 1. The van der Waals surface area contributed by atoms with Gasteiger partial charge in [-0.3, -0.25) is 0 Å². The molecule has 1 N–H and O–H groups in total. The van der Waals surface area contributed by atoms with Gasteiger partial charge in [0.2, 0.25) is 0 Å². The maximum atomic E-state index is 4.88. The van der Waals surface area contributed by atoms with Crippen LogP contribution in [0, 0.1) is 0 Å². The van der Waals surface area contributed by atoms with E-state index in [1.54, 1.807) is 18.7 Å². The third kappa shape index (κ3) is 6.48. The minimum absolute atomic E-state index is 0.472. The van der Waals surface area contributed by atoms with Crippen LogP contribution in [0.3, 0.4) is 0 Å². The second kappa shape index (κ2) is 7.48. The van der Waals surface area contributed by atoms with Crippen LogP contribution < -0.4 is 0 Å². The van der Waals surface area contributed by atoms with E-state index in [9.17, 15) is 0 Å². The van der Waals surface area contributed by atoms with Gasteiger partial charge in [0, 0.05) is 12.4 Å². The second-order valence-electron chi connectivity index (χ2n) is 0.806. The number of rotatable bonds is 0. The molecule has 1 heterocycles. The molecular weight excluding hydrogens is 330 g/mol. The maximum absolute atomic E-state index is 4.88. The summed E-state index contributed by atoms with van der Waals surface area (Å²) in [6.45, 7) is 0. The minimum atomic E-state index is -0.472. The Kier molecular flexibility index (Phi) is 7.93. The predicted molar refractivity (Wildman–Crippen MR) is 30.3 cm³/mol. The first-order valence-corrected chi connectivity index (χ1v) is 7.30. The van der Waals surface area contributed by atoms with Crippen molar-refractivity contribution < 1.29 is 16.5 Å². The van der Waals surface area contributed by atoms with Gasteiger partial charge in [0.15, 0.2) is 0 Å². The zero-order valence-corrected chi connectivity index (χ0v) is 7.54. The SMILES string of the molecule is [Cl][Pt][Cl].c1c[nH]cn1. The Hall–Kier alpha value is 0.478. The number of aromatic nitrogens is 2. The van der Waals surface area contributed by atoms with E-state index in [0.717, 1.165) is 0 Å². The molecule has 2 nitrogen and oxygen atoms in total. The molecule has 0 saturated heterocycles. The summed E-state index contributed by atoms with van der Waals surface area (Å²) < 4.78 is 0. The van der Waals surface area contributed by atoms with Gasteiger partial charge in [-0.25, -0.2) is 4.98 Å².